The van der Waals surface area contributed by atoms with Crippen LogP contribution in [0.15, 0.2) is 58.5 Å². The van der Waals surface area contributed by atoms with Crippen LogP contribution in [0.1, 0.15) is 37.6 Å². The highest BCUT2D eigenvalue weighted by Crippen LogP contribution is 2.42. The molecule has 2 aromatic carbocycles. The smallest absolute Gasteiger partial charge is 0.267 e. The Morgan fingerprint density at radius 2 is 1.72 bits per heavy atom. The lowest BCUT2D eigenvalue weighted by molar-refractivity contribution is -0.113. The van der Waals surface area contributed by atoms with Gasteiger partial charge in [0.15, 0.2) is 5.16 Å². The van der Waals surface area contributed by atoms with E-state index in [1.807, 2.05) is 24.3 Å². The van der Waals surface area contributed by atoms with Crippen molar-refractivity contribution in [1.29, 1.82) is 0 Å². The quantitative estimate of drug-likeness (QED) is 0.209. The maximum absolute atomic E-state index is 14.1. The number of carbonyl (C=O) groups excluding carboxylic acids is 1. The van der Waals surface area contributed by atoms with Gasteiger partial charge in [-0.2, -0.15) is 0 Å². The number of ether oxygens (including phenoxy) is 2. The highest BCUT2D eigenvalue weighted by molar-refractivity contribution is 7.99. The molecule has 0 saturated carbocycles. The first-order chi connectivity index (χ1) is 18.7. The van der Waals surface area contributed by atoms with Crippen LogP contribution in [0.3, 0.4) is 0 Å². The Balaban J connectivity index is 1.50. The van der Waals surface area contributed by atoms with Crippen LogP contribution in [0.25, 0.3) is 15.9 Å². The van der Waals surface area contributed by atoms with E-state index in [-0.39, 0.29) is 22.6 Å². The van der Waals surface area contributed by atoms with Crippen LogP contribution in [0.5, 0.6) is 11.5 Å². The highest BCUT2D eigenvalue weighted by Gasteiger charge is 2.32. The summed E-state index contributed by atoms with van der Waals surface area (Å²) >= 11 is 2.89. The van der Waals surface area contributed by atoms with Crippen molar-refractivity contribution in [3.05, 3.63) is 69.3 Å². The van der Waals surface area contributed by atoms with E-state index in [4.69, 9.17) is 14.5 Å². The fraction of sp³-hybridized carbons (Fsp3) is 0.367. The maximum Gasteiger partial charge on any atom is 0.267 e. The van der Waals surface area contributed by atoms with E-state index >= 15 is 0 Å². The molecule has 1 aliphatic rings. The average Bonchev–Trinajstić information content (AvgIpc) is 3.30. The number of amides is 1. The second-order valence-corrected chi connectivity index (χ2v) is 12.8. The van der Waals surface area contributed by atoms with E-state index in [0.717, 1.165) is 35.4 Å². The Morgan fingerprint density at radius 1 is 1.08 bits per heavy atom. The molecule has 2 aromatic heterocycles. The number of rotatable bonds is 7. The predicted molar refractivity (Wildman–Crippen MR) is 159 cm³/mol. The number of carbonyl (C=O) groups is 1. The van der Waals surface area contributed by atoms with Crippen molar-refractivity contribution in [3.8, 4) is 17.2 Å². The summed E-state index contributed by atoms with van der Waals surface area (Å²) in [5, 5.41) is 4.11. The summed E-state index contributed by atoms with van der Waals surface area (Å²) in [5.74, 6) is 1.92. The number of thioether (sulfide) groups is 1. The van der Waals surface area contributed by atoms with Crippen LogP contribution in [0.2, 0.25) is 0 Å². The van der Waals surface area contributed by atoms with Crippen molar-refractivity contribution < 1.29 is 14.3 Å². The number of thiophene rings is 1. The third-order valence-corrected chi connectivity index (χ3v) is 9.40. The number of hydrogen-bond donors (Lipinski definition) is 1. The molecule has 0 fully saturated rings. The molecule has 0 aliphatic heterocycles. The minimum atomic E-state index is -0.181. The molecule has 204 valence electrons. The van der Waals surface area contributed by atoms with Gasteiger partial charge in [0.2, 0.25) is 5.91 Å². The largest absolute Gasteiger partial charge is 0.497 e. The second kappa shape index (κ2) is 11.1. The normalized spacial score (nSPS) is 15.2. The molecule has 2 heterocycles. The molecule has 1 unspecified atom stereocenters. The Bertz CT molecular complexity index is 1550. The SMILES string of the molecule is COc1ccc(NC(=O)CSc2nc3sc4c(c3c(=O)n2-c2ccc(OC)cc2)CCC(C(C)(C)C)C4)cc1. The number of nitrogens with zero attached hydrogens (tertiary/aromatic N) is 2. The third-order valence-electron chi connectivity index (χ3n) is 7.31. The monoisotopic (exact) mass is 563 g/mol. The van der Waals surface area contributed by atoms with Crippen molar-refractivity contribution in [2.45, 2.75) is 45.2 Å². The van der Waals surface area contributed by atoms with Gasteiger partial charge in [-0.05, 0) is 84.7 Å². The minimum absolute atomic E-state index is 0.0880. The Labute approximate surface area is 236 Å². The molecule has 0 saturated heterocycles. The topological polar surface area (TPSA) is 82.5 Å². The van der Waals surface area contributed by atoms with Gasteiger partial charge in [-0.3, -0.25) is 14.2 Å². The summed E-state index contributed by atoms with van der Waals surface area (Å²) in [6, 6.07) is 14.5. The number of nitrogens with one attached hydrogen (secondary N) is 1. The van der Waals surface area contributed by atoms with E-state index in [2.05, 4.69) is 26.1 Å². The van der Waals surface area contributed by atoms with Gasteiger partial charge in [0.1, 0.15) is 16.3 Å². The van der Waals surface area contributed by atoms with Gasteiger partial charge < -0.3 is 14.8 Å². The Hall–Kier alpha value is -3.30. The van der Waals surface area contributed by atoms with Gasteiger partial charge in [-0.1, -0.05) is 32.5 Å². The van der Waals surface area contributed by atoms with Gasteiger partial charge in [0.25, 0.3) is 5.56 Å². The van der Waals surface area contributed by atoms with Crippen LogP contribution in [0.4, 0.5) is 5.69 Å². The van der Waals surface area contributed by atoms with Crippen LogP contribution in [0, 0.1) is 11.3 Å². The van der Waals surface area contributed by atoms with E-state index in [0.29, 0.717) is 33.6 Å². The maximum atomic E-state index is 14.1. The zero-order valence-corrected chi connectivity index (χ0v) is 24.5. The molecular formula is C30H33N3O4S2. The van der Waals surface area contributed by atoms with Gasteiger partial charge in [-0.15, -0.1) is 11.3 Å². The van der Waals surface area contributed by atoms with Crippen LogP contribution >= 0.6 is 23.1 Å². The van der Waals surface area contributed by atoms with E-state index in [1.165, 1.54) is 16.6 Å². The summed E-state index contributed by atoms with van der Waals surface area (Å²) in [6.45, 7) is 6.86. The molecule has 1 N–H and O–H groups in total. The zero-order valence-electron chi connectivity index (χ0n) is 22.9. The number of anilines is 1. The summed E-state index contributed by atoms with van der Waals surface area (Å²) in [7, 11) is 3.21. The van der Waals surface area contributed by atoms with Crippen LogP contribution in [-0.2, 0) is 17.6 Å². The Morgan fingerprint density at radius 3 is 2.33 bits per heavy atom. The van der Waals surface area contributed by atoms with Gasteiger partial charge in [0, 0.05) is 10.6 Å². The third kappa shape index (κ3) is 5.70. The lowest BCUT2D eigenvalue weighted by atomic mass is 9.72. The predicted octanol–water partition coefficient (Wildman–Crippen LogP) is 6.35. The molecule has 0 bridgehead atoms. The lowest BCUT2D eigenvalue weighted by Crippen LogP contribution is -2.27. The second-order valence-electron chi connectivity index (χ2n) is 10.8. The summed E-state index contributed by atoms with van der Waals surface area (Å²) in [4.78, 5) is 33.9. The van der Waals surface area contributed by atoms with Crippen molar-refractivity contribution in [2.75, 3.05) is 25.3 Å². The summed E-state index contributed by atoms with van der Waals surface area (Å²) < 4.78 is 12.1. The molecule has 1 atom stereocenters. The first-order valence-corrected chi connectivity index (χ1v) is 14.8. The molecule has 9 heteroatoms. The summed E-state index contributed by atoms with van der Waals surface area (Å²) in [5.41, 5.74) is 2.63. The lowest BCUT2D eigenvalue weighted by Gasteiger charge is -2.33. The van der Waals surface area contributed by atoms with Crippen molar-refractivity contribution in [3.63, 3.8) is 0 Å². The number of fused-ring (bicyclic) bond motifs is 3. The molecule has 39 heavy (non-hydrogen) atoms. The molecule has 1 aliphatic carbocycles. The van der Waals surface area contributed by atoms with E-state index < -0.39 is 0 Å². The molecular weight excluding hydrogens is 530 g/mol. The van der Waals surface area contributed by atoms with E-state index in [1.54, 1.807) is 54.4 Å². The van der Waals surface area contributed by atoms with Gasteiger partial charge in [-0.25, -0.2) is 4.98 Å². The van der Waals surface area contributed by atoms with Crippen LogP contribution in [-0.4, -0.2) is 35.4 Å². The molecule has 7 nitrogen and oxygen atoms in total. The standard InChI is InChI=1S/C30H33N3O4S2/c1-30(2,3)18-6-15-23-24(16-18)39-27-26(23)28(35)33(20-9-13-22(37-5)14-10-20)29(32-27)38-17-25(34)31-19-7-11-21(36-4)12-8-19/h7-14,18H,6,15-17H2,1-5H3,(H,31,34). The van der Waals surface area contributed by atoms with Gasteiger partial charge >= 0.3 is 0 Å². The number of benzene rings is 2. The number of methoxy groups -OCH3 is 2. The highest BCUT2D eigenvalue weighted by atomic mass is 32.2. The van der Waals surface area contributed by atoms with Crippen LogP contribution < -0.4 is 20.3 Å². The molecule has 5 rings (SSSR count). The number of hydrogen-bond acceptors (Lipinski definition) is 7. The van der Waals surface area contributed by atoms with Crippen molar-refractivity contribution in [1.82, 2.24) is 9.55 Å². The molecule has 1 amide bonds. The summed E-state index contributed by atoms with van der Waals surface area (Å²) in [6.07, 6.45) is 2.91. The Kier molecular flexibility index (Phi) is 7.73. The van der Waals surface area contributed by atoms with Crippen molar-refractivity contribution >= 4 is 44.9 Å². The first kappa shape index (κ1) is 27.3. The van der Waals surface area contributed by atoms with E-state index in [9.17, 15) is 9.59 Å². The zero-order chi connectivity index (χ0) is 27.7. The number of aromatic nitrogens is 2. The molecule has 0 spiro atoms. The fourth-order valence-corrected chi connectivity index (χ4v) is 7.16. The molecule has 4 aromatic rings. The van der Waals surface area contributed by atoms with Gasteiger partial charge in [0.05, 0.1) is 31.0 Å². The fourth-order valence-electron chi connectivity index (χ4n) is 5.00. The first-order valence-electron chi connectivity index (χ1n) is 13.0. The minimum Gasteiger partial charge on any atom is -0.497 e. The average molecular weight is 564 g/mol. The molecule has 0 radical (unpaired) electrons. The van der Waals surface area contributed by atoms with Crippen molar-refractivity contribution in [2.24, 2.45) is 11.3 Å². The number of aryl methyl sites for hydroxylation is 1.